The van der Waals surface area contributed by atoms with Crippen LogP contribution in [0.4, 0.5) is 0 Å². The number of rotatable bonds is 7. The van der Waals surface area contributed by atoms with Crippen LogP contribution in [0.2, 0.25) is 0 Å². The predicted molar refractivity (Wildman–Crippen MR) is 116 cm³/mol. The molecule has 158 valence electrons. The molecule has 0 saturated heterocycles. The molecule has 1 aliphatic carbocycles. The number of hydrogen-bond acceptors (Lipinski definition) is 5. The molecule has 0 saturated carbocycles. The van der Waals surface area contributed by atoms with Crippen LogP contribution in [0.15, 0.2) is 46.8 Å². The Hall–Kier alpha value is -3.09. The second kappa shape index (κ2) is 8.73. The number of nitrogens with zero attached hydrogens (tertiary/aromatic N) is 3. The van der Waals surface area contributed by atoms with E-state index in [4.69, 9.17) is 4.52 Å². The molecular formula is C23H29N5O2. The Morgan fingerprint density at radius 3 is 3.00 bits per heavy atom. The van der Waals surface area contributed by atoms with Gasteiger partial charge in [-0.25, -0.2) is 0 Å². The van der Waals surface area contributed by atoms with Crippen LogP contribution in [0.1, 0.15) is 67.9 Å². The Morgan fingerprint density at radius 2 is 2.27 bits per heavy atom. The lowest BCUT2D eigenvalue weighted by atomic mass is 9.97. The average molecular weight is 408 g/mol. The summed E-state index contributed by atoms with van der Waals surface area (Å²) in [5, 5.41) is 7.59. The Labute approximate surface area is 176 Å². The van der Waals surface area contributed by atoms with Gasteiger partial charge in [0.1, 0.15) is 5.69 Å². The molecule has 0 aromatic carbocycles. The Balaban J connectivity index is 1.41. The first kappa shape index (κ1) is 20.2. The molecule has 0 bridgehead atoms. The van der Waals surface area contributed by atoms with E-state index in [-0.39, 0.29) is 11.9 Å². The third-order valence-electron chi connectivity index (χ3n) is 5.67. The number of carbonyl (C=O) groups is 1. The van der Waals surface area contributed by atoms with E-state index in [1.165, 1.54) is 0 Å². The fourth-order valence-electron chi connectivity index (χ4n) is 3.98. The normalized spacial score (nSPS) is 16.7. The maximum atomic E-state index is 13.2. The van der Waals surface area contributed by atoms with Crippen LogP contribution >= 0.6 is 0 Å². The lowest BCUT2D eigenvalue weighted by Crippen LogP contribution is -2.42. The first-order valence-corrected chi connectivity index (χ1v) is 10.7. The lowest BCUT2D eigenvalue weighted by Gasteiger charge is -2.33. The molecule has 4 rings (SSSR count). The third kappa shape index (κ3) is 4.25. The van der Waals surface area contributed by atoms with Gasteiger partial charge in [0.25, 0.3) is 5.91 Å². The molecule has 0 fully saturated rings. The van der Waals surface area contributed by atoms with Crippen LogP contribution in [-0.4, -0.2) is 38.5 Å². The number of hydrogen-bond donors (Lipinski definition) is 2. The van der Waals surface area contributed by atoms with E-state index < -0.39 is 0 Å². The van der Waals surface area contributed by atoms with Crippen LogP contribution in [-0.2, 0) is 6.54 Å². The van der Waals surface area contributed by atoms with Gasteiger partial charge in [-0.1, -0.05) is 25.1 Å². The summed E-state index contributed by atoms with van der Waals surface area (Å²) < 4.78 is 5.42. The number of amides is 1. The molecule has 3 aromatic heterocycles. The molecule has 1 atom stereocenters. The highest BCUT2D eigenvalue weighted by Crippen LogP contribution is 2.24. The second-order valence-corrected chi connectivity index (χ2v) is 8.10. The summed E-state index contributed by atoms with van der Waals surface area (Å²) in [6.07, 6.45) is 6.68. The molecule has 3 aromatic rings. The van der Waals surface area contributed by atoms with Crippen LogP contribution in [0.3, 0.4) is 0 Å². The summed E-state index contributed by atoms with van der Waals surface area (Å²) in [6, 6.07) is 7.82. The molecule has 7 nitrogen and oxygen atoms in total. The molecule has 30 heavy (non-hydrogen) atoms. The molecule has 2 N–H and O–H groups in total. The van der Waals surface area contributed by atoms with Crippen molar-refractivity contribution in [2.75, 3.05) is 6.54 Å². The van der Waals surface area contributed by atoms with Gasteiger partial charge in [-0.15, -0.1) is 0 Å². The smallest absolute Gasteiger partial charge is 0.270 e. The zero-order chi connectivity index (χ0) is 21.1. The van der Waals surface area contributed by atoms with Crippen LogP contribution < -0.4 is 5.32 Å². The summed E-state index contributed by atoms with van der Waals surface area (Å²) >= 11 is 0. The van der Waals surface area contributed by atoms with Crippen molar-refractivity contribution < 1.29 is 9.32 Å². The zero-order valence-corrected chi connectivity index (χ0v) is 17.8. The number of carbonyl (C=O) groups excluding carboxylic acids is 1. The molecule has 7 heteroatoms. The maximum Gasteiger partial charge on any atom is 0.270 e. The maximum absolute atomic E-state index is 13.2. The fourth-order valence-corrected chi connectivity index (χ4v) is 3.98. The molecule has 0 aliphatic heterocycles. The van der Waals surface area contributed by atoms with Gasteiger partial charge in [0.15, 0.2) is 5.76 Å². The van der Waals surface area contributed by atoms with Gasteiger partial charge in [0.05, 0.1) is 23.3 Å². The van der Waals surface area contributed by atoms with Gasteiger partial charge in [-0.3, -0.25) is 9.78 Å². The predicted octanol–water partition coefficient (Wildman–Crippen LogP) is 4.36. The van der Waals surface area contributed by atoms with Crippen molar-refractivity contribution >= 4 is 16.9 Å². The van der Waals surface area contributed by atoms with Crippen molar-refractivity contribution in [1.29, 1.82) is 0 Å². The van der Waals surface area contributed by atoms with Crippen LogP contribution in [0, 0.1) is 0 Å². The fraction of sp³-hybridized carbons (Fsp3) is 0.435. The van der Waals surface area contributed by atoms with E-state index in [9.17, 15) is 4.79 Å². The van der Waals surface area contributed by atoms with E-state index in [1.54, 1.807) is 6.20 Å². The summed E-state index contributed by atoms with van der Waals surface area (Å²) in [4.78, 5) is 22.7. The SMILES string of the molecule is CCN(C(=O)c1cc2ncccc2[nH]1)[C@H]1CCC=C(NCc2cc(C(C)C)no2)C1. The van der Waals surface area contributed by atoms with Gasteiger partial charge in [0, 0.05) is 37.0 Å². The number of pyridine rings is 1. The minimum absolute atomic E-state index is 0.0264. The van der Waals surface area contributed by atoms with E-state index >= 15 is 0 Å². The van der Waals surface area contributed by atoms with Crippen molar-refractivity contribution in [3.8, 4) is 0 Å². The standard InChI is InChI=1S/C23H29N5O2/c1-4-28(23(29)22-13-21-19(26-22)9-6-10-24-21)17-8-5-7-16(11-17)25-14-18-12-20(15(2)3)27-30-18/h6-7,9-10,12-13,15,17,25-26H,4-5,8,11,14H2,1-3H3/t17-/m0/s1. The van der Waals surface area contributed by atoms with Crippen molar-refractivity contribution in [2.45, 2.75) is 58.5 Å². The summed E-state index contributed by atoms with van der Waals surface area (Å²) in [5.74, 6) is 1.21. The Bertz CT molecular complexity index is 1020. The number of nitrogens with one attached hydrogen (secondary N) is 2. The molecule has 1 aliphatic rings. The van der Waals surface area contributed by atoms with Crippen molar-refractivity contribution in [3.05, 3.63) is 59.4 Å². The molecule has 0 radical (unpaired) electrons. The topological polar surface area (TPSA) is 87.0 Å². The van der Waals surface area contributed by atoms with Crippen LogP contribution in [0.25, 0.3) is 11.0 Å². The average Bonchev–Trinajstić information content (AvgIpc) is 3.40. The number of aromatic nitrogens is 3. The summed E-state index contributed by atoms with van der Waals surface area (Å²) in [6.45, 7) is 7.50. The van der Waals surface area contributed by atoms with Crippen molar-refractivity contribution in [3.63, 3.8) is 0 Å². The lowest BCUT2D eigenvalue weighted by molar-refractivity contribution is 0.0669. The molecule has 3 heterocycles. The number of allylic oxidation sites excluding steroid dienone is 1. The van der Waals surface area contributed by atoms with Gasteiger partial charge >= 0.3 is 0 Å². The van der Waals surface area contributed by atoms with E-state index in [1.807, 2.05) is 36.1 Å². The minimum atomic E-state index is 0.0264. The number of H-pyrrole nitrogens is 1. The first-order valence-electron chi connectivity index (χ1n) is 10.7. The van der Waals surface area contributed by atoms with Gasteiger partial charge < -0.3 is 19.7 Å². The highest BCUT2D eigenvalue weighted by Gasteiger charge is 2.27. The molecule has 1 amide bonds. The largest absolute Gasteiger partial charge is 0.381 e. The minimum Gasteiger partial charge on any atom is -0.381 e. The van der Waals surface area contributed by atoms with Crippen molar-refractivity contribution in [1.82, 2.24) is 25.3 Å². The van der Waals surface area contributed by atoms with Crippen LogP contribution in [0.5, 0.6) is 0 Å². The molecule has 0 spiro atoms. The first-order chi connectivity index (χ1) is 14.5. The number of fused-ring (bicyclic) bond motifs is 1. The van der Waals surface area contributed by atoms with Gasteiger partial charge in [-0.2, -0.15) is 0 Å². The van der Waals surface area contributed by atoms with Gasteiger partial charge in [0.2, 0.25) is 0 Å². The monoisotopic (exact) mass is 407 g/mol. The summed E-state index contributed by atoms with van der Waals surface area (Å²) in [5.41, 5.74) is 4.42. The highest BCUT2D eigenvalue weighted by atomic mass is 16.5. The van der Waals surface area contributed by atoms with E-state index in [0.717, 1.165) is 47.4 Å². The van der Waals surface area contributed by atoms with E-state index in [2.05, 4.69) is 40.4 Å². The van der Waals surface area contributed by atoms with E-state index in [0.29, 0.717) is 24.7 Å². The van der Waals surface area contributed by atoms with Gasteiger partial charge in [-0.05, 0) is 43.9 Å². The quantitative estimate of drug-likeness (QED) is 0.608. The zero-order valence-electron chi connectivity index (χ0n) is 17.8. The highest BCUT2D eigenvalue weighted by molar-refractivity contribution is 5.97. The molecular weight excluding hydrogens is 378 g/mol. The Kier molecular flexibility index (Phi) is 5.88. The van der Waals surface area contributed by atoms with Crippen molar-refractivity contribution in [2.24, 2.45) is 0 Å². The Morgan fingerprint density at radius 1 is 1.40 bits per heavy atom. The molecule has 0 unspecified atom stereocenters. The summed E-state index contributed by atoms with van der Waals surface area (Å²) in [7, 11) is 0. The second-order valence-electron chi connectivity index (χ2n) is 8.10. The third-order valence-corrected chi connectivity index (χ3v) is 5.67. The number of aromatic amines is 1.